The number of hydrogen-bond acceptors (Lipinski definition) is 6. The molecule has 2 aromatic heterocycles. The van der Waals surface area contributed by atoms with Crippen LogP contribution in [0.25, 0.3) is 33.1 Å². The number of carbonyl (C=O) groups is 2. The standard InChI is InChI=1S/C29H22N4O4/c34-28(9-10-29(35)36)33-26(21-5-7-23-25(16-21)31-13-12-30-23)17-24(32-33)19-3-1-18(2-4-19)20-6-8-27-22(15-20)11-14-37-27/h1-8,11-16,26H,9-10,17H2,(H,35,36). The van der Waals surface area contributed by atoms with Crippen molar-refractivity contribution in [3.8, 4) is 11.1 Å². The van der Waals surface area contributed by atoms with Gasteiger partial charge in [-0.15, -0.1) is 0 Å². The molecule has 0 fully saturated rings. The fourth-order valence-electron chi connectivity index (χ4n) is 4.69. The Labute approximate surface area is 211 Å². The van der Waals surface area contributed by atoms with Gasteiger partial charge in [-0.2, -0.15) is 5.10 Å². The van der Waals surface area contributed by atoms with Gasteiger partial charge in [0, 0.05) is 30.6 Å². The van der Waals surface area contributed by atoms with Crippen molar-refractivity contribution in [2.24, 2.45) is 5.10 Å². The molecule has 8 nitrogen and oxygen atoms in total. The average molecular weight is 491 g/mol. The number of carboxylic acid groups (broad SMARTS) is 1. The third-order valence-corrected chi connectivity index (χ3v) is 6.60. The second-order valence-electron chi connectivity index (χ2n) is 8.95. The smallest absolute Gasteiger partial charge is 0.303 e. The lowest BCUT2D eigenvalue weighted by Gasteiger charge is -2.22. The molecule has 5 aromatic rings. The van der Waals surface area contributed by atoms with Crippen LogP contribution in [0, 0.1) is 0 Å². The number of hydrazone groups is 1. The van der Waals surface area contributed by atoms with Crippen LogP contribution in [0.1, 0.15) is 36.4 Å². The van der Waals surface area contributed by atoms with Crippen LogP contribution >= 0.6 is 0 Å². The molecule has 182 valence electrons. The summed E-state index contributed by atoms with van der Waals surface area (Å²) in [6.07, 6.45) is 5.09. The van der Waals surface area contributed by atoms with E-state index in [1.54, 1.807) is 18.7 Å². The van der Waals surface area contributed by atoms with Crippen LogP contribution in [0.2, 0.25) is 0 Å². The SMILES string of the molecule is O=C(O)CCC(=O)N1N=C(c2ccc(-c3ccc4occc4c3)cc2)CC1c1ccc2nccnc2c1. The minimum Gasteiger partial charge on any atom is -0.481 e. The largest absolute Gasteiger partial charge is 0.481 e. The average Bonchev–Trinajstić information content (AvgIpc) is 3.59. The molecule has 3 heterocycles. The molecule has 0 radical (unpaired) electrons. The number of aliphatic carboxylic acids is 1. The third-order valence-electron chi connectivity index (χ3n) is 6.60. The lowest BCUT2D eigenvalue weighted by Crippen LogP contribution is -2.27. The van der Waals surface area contributed by atoms with Gasteiger partial charge in [0.15, 0.2) is 0 Å². The number of benzene rings is 3. The number of nitrogens with zero attached hydrogens (tertiary/aromatic N) is 4. The number of carboxylic acids is 1. The monoisotopic (exact) mass is 490 g/mol. The first-order chi connectivity index (χ1) is 18.0. The summed E-state index contributed by atoms with van der Waals surface area (Å²) < 4.78 is 5.44. The molecule has 1 unspecified atom stereocenters. The zero-order chi connectivity index (χ0) is 25.4. The highest BCUT2D eigenvalue weighted by molar-refractivity contribution is 6.03. The Bertz CT molecular complexity index is 1670. The van der Waals surface area contributed by atoms with Crippen molar-refractivity contribution in [2.75, 3.05) is 0 Å². The predicted molar refractivity (Wildman–Crippen MR) is 139 cm³/mol. The molecule has 3 aromatic carbocycles. The maximum Gasteiger partial charge on any atom is 0.303 e. The van der Waals surface area contributed by atoms with Gasteiger partial charge in [0.25, 0.3) is 0 Å². The van der Waals surface area contributed by atoms with E-state index in [9.17, 15) is 9.59 Å². The van der Waals surface area contributed by atoms with Crippen molar-refractivity contribution >= 4 is 39.6 Å². The van der Waals surface area contributed by atoms with E-state index in [1.165, 1.54) is 5.01 Å². The first-order valence-electron chi connectivity index (χ1n) is 12.0. The van der Waals surface area contributed by atoms with Crippen molar-refractivity contribution in [3.05, 3.63) is 96.5 Å². The van der Waals surface area contributed by atoms with Crippen LogP contribution < -0.4 is 0 Å². The molecule has 6 rings (SSSR count). The number of amides is 1. The number of carbonyl (C=O) groups excluding carboxylic acids is 1. The number of rotatable bonds is 6. The van der Waals surface area contributed by atoms with Gasteiger partial charge in [0.1, 0.15) is 5.58 Å². The van der Waals surface area contributed by atoms with Crippen molar-refractivity contribution in [3.63, 3.8) is 0 Å². The molecule has 1 atom stereocenters. The summed E-state index contributed by atoms with van der Waals surface area (Å²) in [4.78, 5) is 32.8. The number of fused-ring (bicyclic) bond motifs is 2. The molecule has 1 aliphatic rings. The van der Waals surface area contributed by atoms with E-state index in [4.69, 9.17) is 9.52 Å². The van der Waals surface area contributed by atoms with E-state index in [-0.39, 0.29) is 24.8 Å². The zero-order valence-corrected chi connectivity index (χ0v) is 19.7. The highest BCUT2D eigenvalue weighted by Gasteiger charge is 2.33. The Kier molecular flexibility index (Phi) is 5.69. The van der Waals surface area contributed by atoms with Crippen molar-refractivity contribution in [2.45, 2.75) is 25.3 Å². The maximum absolute atomic E-state index is 13.0. The Morgan fingerprint density at radius 3 is 2.43 bits per heavy atom. The normalized spacial score (nSPS) is 15.3. The zero-order valence-electron chi connectivity index (χ0n) is 19.7. The second-order valence-corrected chi connectivity index (χ2v) is 8.95. The van der Waals surface area contributed by atoms with Gasteiger partial charge in [0.2, 0.25) is 5.91 Å². The van der Waals surface area contributed by atoms with Crippen molar-refractivity contribution in [1.82, 2.24) is 15.0 Å². The lowest BCUT2D eigenvalue weighted by molar-refractivity contribution is -0.141. The summed E-state index contributed by atoms with van der Waals surface area (Å²) in [6, 6.07) is 21.4. The first-order valence-corrected chi connectivity index (χ1v) is 12.0. The van der Waals surface area contributed by atoms with E-state index in [0.29, 0.717) is 6.42 Å². The minimum atomic E-state index is -1.02. The molecule has 1 aliphatic heterocycles. The lowest BCUT2D eigenvalue weighted by atomic mass is 9.96. The molecule has 8 heteroatoms. The van der Waals surface area contributed by atoms with Gasteiger partial charge in [-0.3, -0.25) is 19.6 Å². The van der Waals surface area contributed by atoms with E-state index in [1.807, 2.05) is 60.7 Å². The topological polar surface area (TPSA) is 109 Å². The van der Waals surface area contributed by atoms with E-state index in [0.717, 1.165) is 50.0 Å². The number of aromatic nitrogens is 2. The number of hydrogen-bond donors (Lipinski definition) is 1. The number of furan rings is 1. The van der Waals surface area contributed by atoms with Crippen LogP contribution in [-0.4, -0.2) is 37.7 Å². The second kappa shape index (κ2) is 9.31. The molecular weight excluding hydrogens is 468 g/mol. The highest BCUT2D eigenvalue weighted by Crippen LogP contribution is 2.35. The first kappa shape index (κ1) is 22.6. The Hall–Kier alpha value is -4.85. The third kappa shape index (κ3) is 4.45. The maximum atomic E-state index is 13.0. The van der Waals surface area contributed by atoms with Crippen LogP contribution in [-0.2, 0) is 9.59 Å². The molecule has 1 amide bonds. The summed E-state index contributed by atoms with van der Waals surface area (Å²) in [5, 5.41) is 16.2. The summed E-state index contributed by atoms with van der Waals surface area (Å²) >= 11 is 0. The molecule has 0 saturated heterocycles. The van der Waals surface area contributed by atoms with E-state index < -0.39 is 5.97 Å². The van der Waals surface area contributed by atoms with Gasteiger partial charge in [-0.25, -0.2) is 5.01 Å². The fourth-order valence-corrected chi connectivity index (χ4v) is 4.69. The van der Waals surface area contributed by atoms with Gasteiger partial charge in [-0.1, -0.05) is 36.4 Å². The van der Waals surface area contributed by atoms with Crippen LogP contribution in [0.3, 0.4) is 0 Å². The Morgan fingerprint density at radius 1 is 0.865 bits per heavy atom. The molecular formula is C29H22N4O4. The van der Waals surface area contributed by atoms with Crippen molar-refractivity contribution in [1.29, 1.82) is 0 Å². The summed E-state index contributed by atoms with van der Waals surface area (Å²) in [7, 11) is 0. The van der Waals surface area contributed by atoms with Gasteiger partial charge < -0.3 is 9.52 Å². The van der Waals surface area contributed by atoms with Gasteiger partial charge in [0.05, 0.1) is 35.5 Å². The summed E-state index contributed by atoms with van der Waals surface area (Å²) in [5.74, 6) is -1.34. The van der Waals surface area contributed by atoms with E-state index in [2.05, 4.69) is 21.1 Å². The molecule has 0 aliphatic carbocycles. The van der Waals surface area contributed by atoms with Crippen LogP contribution in [0.15, 0.2) is 94.9 Å². The molecule has 0 bridgehead atoms. The fraction of sp³-hybridized carbons (Fsp3) is 0.138. The van der Waals surface area contributed by atoms with Gasteiger partial charge >= 0.3 is 5.97 Å². The summed E-state index contributed by atoms with van der Waals surface area (Å²) in [6.45, 7) is 0. The van der Waals surface area contributed by atoms with E-state index >= 15 is 0 Å². The molecule has 0 spiro atoms. The Morgan fingerprint density at radius 2 is 1.62 bits per heavy atom. The van der Waals surface area contributed by atoms with Crippen LogP contribution in [0.5, 0.6) is 0 Å². The molecule has 37 heavy (non-hydrogen) atoms. The molecule has 1 N–H and O–H groups in total. The van der Waals surface area contributed by atoms with Crippen molar-refractivity contribution < 1.29 is 19.1 Å². The quantitative estimate of drug-likeness (QED) is 0.333. The predicted octanol–water partition coefficient (Wildman–Crippen LogP) is 5.59. The molecule has 0 saturated carbocycles. The highest BCUT2D eigenvalue weighted by atomic mass is 16.4. The van der Waals surface area contributed by atoms with Gasteiger partial charge in [-0.05, 0) is 52.6 Å². The van der Waals surface area contributed by atoms with Crippen LogP contribution in [0.4, 0.5) is 0 Å². The summed E-state index contributed by atoms with van der Waals surface area (Å²) in [5.41, 5.74) is 7.03. The Balaban J connectivity index is 1.31. The minimum absolute atomic E-state index is 0.120.